The van der Waals surface area contributed by atoms with Crippen LogP contribution in [0.2, 0.25) is 0 Å². The van der Waals surface area contributed by atoms with Crippen molar-refractivity contribution in [1.29, 1.82) is 0 Å². The molecule has 0 atom stereocenters. The van der Waals surface area contributed by atoms with Gasteiger partial charge >= 0.3 is 0 Å². The number of pyridine rings is 2. The minimum Gasteiger partial charge on any atom is -0.506 e. The lowest BCUT2D eigenvalue weighted by atomic mass is 10.1. The van der Waals surface area contributed by atoms with Gasteiger partial charge in [0.25, 0.3) is 15.6 Å². The molecule has 10 heteroatoms. The van der Waals surface area contributed by atoms with E-state index in [1.54, 1.807) is 30.3 Å². The smallest absolute Gasteiger partial charge is 0.286 e. The second-order valence-electron chi connectivity index (χ2n) is 7.16. The van der Waals surface area contributed by atoms with Crippen LogP contribution in [0.3, 0.4) is 0 Å². The molecule has 0 aliphatic carbocycles. The number of aromatic nitrogens is 2. The first-order valence-corrected chi connectivity index (χ1v) is 12.0. The Morgan fingerprint density at radius 1 is 1.06 bits per heavy atom. The lowest BCUT2D eigenvalue weighted by Gasteiger charge is -2.20. The van der Waals surface area contributed by atoms with E-state index in [9.17, 15) is 18.3 Å². The number of hydrogen-bond donors (Lipinski definition) is 2. The van der Waals surface area contributed by atoms with Gasteiger partial charge in [0.15, 0.2) is 5.84 Å². The van der Waals surface area contributed by atoms with Crippen LogP contribution in [0.15, 0.2) is 80.9 Å². The Balaban J connectivity index is 1.77. The number of hydrogen-bond acceptors (Lipinski definition) is 6. The van der Waals surface area contributed by atoms with Crippen molar-refractivity contribution in [3.05, 3.63) is 91.9 Å². The van der Waals surface area contributed by atoms with Gasteiger partial charge in [0.05, 0.1) is 17.6 Å². The Morgan fingerprint density at radius 2 is 1.88 bits per heavy atom. The van der Waals surface area contributed by atoms with Crippen LogP contribution in [0.4, 0.5) is 5.69 Å². The van der Waals surface area contributed by atoms with Crippen molar-refractivity contribution in [1.82, 2.24) is 9.55 Å². The Morgan fingerprint density at radius 3 is 2.69 bits per heavy atom. The number of fused-ring (bicyclic) bond motifs is 2. The van der Waals surface area contributed by atoms with Gasteiger partial charge in [-0.2, -0.15) is 8.42 Å². The number of rotatable bonds is 3. The quantitative estimate of drug-likeness (QED) is 0.373. The van der Waals surface area contributed by atoms with Crippen molar-refractivity contribution >= 4 is 55.2 Å². The summed E-state index contributed by atoms with van der Waals surface area (Å²) in [7, 11) is -4.05. The van der Waals surface area contributed by atoms with Crippen molar-refractivity contribution in [3.63, 3.8) is 0 Å². The fourth-order valence-corrected chi connectivity index (χ4v) is 5.40. The summed E-state index contributed by atoms with van der Waals surface area (Å²) >= 11 is 2.19. The number of benzene rings is 2. The van der Waals surface area contributed by atoms with Crippen LogP contribution < -0.4 is 10.9 Å². The Labute approximate surface area is 196 Å². The van der Waals surface area contributed by atoms with E-state index < -0.39 is 15.6 Å². The summed E-state index contributed by atoms with van der Waals surface area (Å²) in [4.78, 5) is 17.9. The summed E-state index contributed by atoms with van der Waals surface area (Å²) in [5, 5.41) is 14.2. The number of nitrogens with one attached hydrogen (secondary N) is 1. The fourth-order valence-electron chi connectivity index (χ4n) is 3.66. The van der Waals surface area contributed by atoms with E-state index in [0.717, 1.165) is 9.13 Å². The normalized spacial score (nSPS) is 14.5. The Bertz CT molecular complexity index is 1600. The van der Waals surface area contributed by atoms with E-state index >= 15 is 0 Å². The van der Waals surface area contributed by atoms with E-state index in [4.69, 9.17) is 0 Å². The van der Waals surface area contributed by atoms with Crippen LogP contribution in [-0.4, -0.2) is 28.9 Å². The molecule has 3 heterocycles. The molecule has 160 valence electrons. The molecule has 0 radical (unpaired) electrons. The van der Waals surface area contributed by atoms with E-state index in [2.05, 4.69) is 37.3 Å². The molecule has 0 saturated heterocycles. The van der Waals surface area contributed by atoms with Gasteiger partial charge in [0.2, 0.25) is 0 Å². The maximum atomic E-state index is 13.6. The first-order chi connectivity index (χ1) is 15.3. The molecule has 2 aromatic heterocycles. The summed E-state index contributed by atoms with van der Waals surface area (Å²) in [6, 6.07) is 17.2. The third-order valence-corrected chi connectivity index (χ3v) is 7.10. The summed E-state index contributed by atoms with van der Waals surface area (Å²) in [6.45, 7) is 0.188. The number of nitrogens with zero attached hydrogens (tertiary/aromatic N) is 3. The first kappa shape index (κ1) is 20.6. The van der Waals surface area contributed by atoms with E-state index in [1.807, 2.05) is 24.3 Å². The average Bonchev–Trinajstić information content (AvgIpc) is 2.76. The van der Waals surface area contributed by atoms with Crippen LogP contribution in [0.25, 0.3) is 11.0 Å². The first-order valence-electron chi connectivity index (χ1n) is 9.51. The highest BCUT2D eigenvalue weighted by atomic mass is 127. The lowest BCUT2D eigenvalue weighted by molar-refractivity contribution is 0.477. The number of halogens is 1. The van der Waals surface area contributed by atoms with Crippen LogP contribution in [0, 0.1) is 3.57 Å². The predicted octanol–water partition coefficient (Wildman–Crippen LogP) is 3.32. The summed E-state index contributed by atoms with van der Waals surface area (Å²) in [5.41, 5.74) is 0.603. The average molecular weight is 558 g/mol. The molecule has 0 amide bonds. The van der Waals surface area contributed by atoms with Gasteiger partial charge in [-0.25, -0.2) is 4.98 Å². The third kappa shape index (κ3) is 3.45. The summed E-state index contributed by atoms with van der Waals surface area (Å²) < 4.78 is 31.7. The molecule has 2 aromatic carbocycles. The number of sulfonamides is 1. The highest BCUT2D eigenvalue weighted by molar-refractivity contribution is 14.1. The second-order valence-corrected chi connectivity index (χ2v) is 9.97. The maximum Gasteiger partial charge on any atom is 0.286 e. The molecule has 0 saturated carbocycles. The number of anilines is 1. The predicted molar refractivity (Wildman–Crippen MR) is 130 cm³/mol. The molecule has 0 bridgehead atoms. The zero-order valence-electron chi connectivity index (χ0n) is 16.4. The van der Waals surface area contributed by atoms with Crippen molar-refractivity contribution in [3.8, 4) is 5.75 Å². The second kappa shape index (κ2) is 7.71. The van der Waals surface area contributed by atoms with Crippen molar-refractivity contribution in [2.24, 2.45) is 4.40 Å². The van der Waals surface area contributed by atoms with Crippen molar-refractivity contribution in [2.75, 3.05) is 5.32 Å². The van der Waals surface area contributed by atoms with Crippen LogP contribution in [-0.2, 0) is 16.6 Å². The lowest BCUT2D eigenvalue weighted by Crippen LogP contribution is -2.33. The molecule has 0 fully saturated rings. The number of para-hydroxylation sites is 1. The van der Waals surface area contributed by atoms with Gasteiger partial charge in [0, 0.05) is 9.77 Å². The van der Waals surface area contributed by atoms with E-state index in [-0.39, 0.29) is 39.9 Å². The van der Waals surface area contributed by atoms with Gasteiger partial charge < -0.3 is 10.4 Å². The number of amidine groups is 1. The SMILES string of the molecule is O=c1c(C2=NS(=O)(=O)c3ccccc3N2)c(O)c2cccnc2n1Cc1cccc(I)c1. The number of aromatic hydroxyl groups is 1. The zero-order valence-corrected chi connectivity index (χ0v) is 19.3. The standard InChI is InChI=1S/C22H15IN4O4S/c23-14-6-3-5-13(11-14)12-27-21-15(7-4-10-24-21)19(28)18(22(27)29)20-25-16-8-1-2-9-17(16)32(30,31)26-20/h1-11,28H,12H2,(H,25,26). The van der Waals surface area contributed by atoms with Crippen molar-refractivity contribution in [2.45, 2.75) is 11.4 Å². The molecule has 8 nitrogen and oxygen atoms in total. The zero-order chi connectivity index (χ0) is 22.5. The Hall–Kier alpha value is -3.25. The molecule has 32 heavy (non-hydrogen) atoms. The molecule has 4 aromatic rings. The summed E-state index contributed by atoms with van der Waals surface area (Å²) in [6.07, 6.45) is 1.53. The molecular formula is C22H15IN4O4S. The van der Waals surface area contributed by atoms with Crippen LogP contribution >= 0.6 is 22.6 Å². The van der Waals surface area contributed by atoms with E-state index in [1.165, 1.54) is 16.8 Å². The molecule has 0 spiro atoms. The molecular weight excluding hydrogens is 543 g/mol. The maximum absolute atomic E-state index is 13.6. The molecule has 5 rings (SSSR count). The van der Waals surface area contributed by atoms with Gasteiger partial charge in [0.1, 0.15) is 21.9 Å². The Kier molecular flexibility index (Phi) is 4.97. The van der Waals surface area contributed by atoms with Crippen molar-refractivity contribution < 1.29 is 13.5 Å². The molecule has 1 aliphatic rings. The molecule has 2 N–H and O–H groups in total. The fraction of sp³-hybridized carbons (Fsp3) is 0.0455. The van der Waals surface area contributed by atoms with E-state index in [0.29, 0.717) is 5.39 Å². The molecule has 1 aliphatic heterocycles. The monoisotopic (exact) mass is 558 g/mol. The van der Waals surface area contributed by atoms with Gasteiger partial charge in [-0.1, -0.05) is 24.3 Å². The minimum atomic E-state index is -4.05. The topological polar surface area (TPSA) is 114 Å². The summed E-state index contributed by atoms with van der Waals surface area (Å²) in [5.74, 6) is -0.605. The highest BCUT2D eigenvalue weighted by Crippen LogP contribution is 2.31. The third-order valence-electron chi connectivity index (χ3n) is 5.09. The van der Waals surface area contributed by atoms with Gasteiger partial charge in [-0.3, -0.25) is 9.36 Å². The van der Waals surface area contributed by atoms with Crippen LogP contribution in [0.5, 0.6) is 5.75 Å². The largest absolute Gasteiger partial charge is 0.506 e. The van der Waals surface area contributed by atoms with Gasteiger partial charge in [-0.05, 0) is 64.6 Å². The van der Waals surface area contributed by atoms with Crippen LogP contribution in [0.1, 0.15) is 11.1 Å². The van der Waals surface area contributed by atoms with Gasteiger partial charge in [-0.15, -0.1) is 4.40 Å². The minimum absolute atomic E-state index is 0.00452. The highest BCUT2D eigenvalue weighted by Gasteiger charge is 2.29. The molecule has 0 unspecified atom stereocenters.